The molecule has 1 aromatic carbocycles. The van der Waals surface area contributed by atoms with Gasteiger partial charge >= 0.3 is 0 Å². The molecule has 2 unspecified atom stereocenters. The Labute approximate surface area is 157 Å². The van der Waals surface area contributed by atoms with Gasteiger partial charge in [0.05, 0.1) is 5.69 Å². The van der Waals surface area contributed by atoms with Gasteiger partial charge in [-0.05, 0) is 68.3 Å². The Balaban J connectivity index is 1.48. The molecule has 1 aromatic heterocycles. The minimum atomic E-state index is 0.234. The number of benzene rings is 1. The Morgan fingerprint density at radius 1 is 1.15 bits per heavy atom. The molecule has 2 N–H and O–H groups in total. The van der Waals surface area contributed by atoms with E-state index >= 15 is 0 Å². The zero-order chi connectivity index (χ0) is 18.5. The van der Waals surface area contributed by atoms with Crippen LogP contribution >= 0.6 is 0 Å². The summed E-state index contributed by atoms with van der Waals surface area (Å²) in [6.07, 6.45) is 6.06. The Kier molecular flexibility index (Phi) is 6.31. The van der Waals surface area contributed by atoms with Gasteiger partial charge in [0.25, 0.3) is 0 Å². The summed E-state index contributed by atoms with van der Waals surface area (Å²) in [4.78, 5) is 15.9. The van der Waals surface area contributed by atoms with Crippen molar-refractivity contribution in [2.24, 2.45) is 0 Å². The van der Waals surface area contributed by atoms with Crippen molar-refractivity contribution in [2.45, 2.75) is 70.3 Å². The Morgan fingerprint density at radius 3 is 2.58 bits per heavy atom. The number of hydrogen-bond acceptors (Lipinski definition) is 2. The number of rotatable bonds is 8. The van der Waals surface area contributed by atoms with E-state index in [0.717, 1.165) is 25.0 Å². The predicted molar refractivity (Wildman–Crippen MR) is 108 cm³/mol. The summed E-state index contributed by atoms with van der Waals surface area (Å²) in [6, 6.07) is 13.5. The minimum absolute atomic E-state index is 0.234. The maximum atomic E-state index is 12.5. The van der Waals surface area contributed by atoms with Crippen LogP contribution in [0.2, 0.25) is 0 Å². The highest BCUT2D eigenvalue weighted by molar-refractivity contribution is 5.94. The first-order valence-corrected chi connectivity index (χ1v) is 10.0. The quantitative estimate of drug-likeness (QED) is 0.641. The van der Waals surface area contributed by atoms with Crippen LogP contribution in [-0.2, 0) is 6.42 Å². The van der Waals surface area contributed by atoms with E-state index in [1.807, 2.05) is 13.1 Å². The zero-order valence-corrected chi connectivity index (χ0v) is 16.3. The van der Waals surface area contributed by atoms with Crippen LogP contribution in [0.15, 0.2) is 36.4 Å². The van der Waals surface area contributed by atoms with Gasteiger partial charge in [0.15, 0.2) is 5.78 Å². The lowest BCUT2D eigenvalue weighted by atomic mass is 9.99. The number of aromatic amines is 1. The van der Waals surface area contributed by atoms with Crippen LogP contribution in [0.25, 0.3) is 0 Å². The first-order valence-electron chi connectivity index (χ1n) is 10.0. The van der Waals surface area contributed by atoms with Crippen molar-refractivity contribution in [3.05, 3.63) is 58.9 Å². The molecule has 3 heteroatoms. The molecule has 26 heavy (non-hydrogen) atoms. The second-order valence-electron chi connectivity index (χ2n) is 8.00. The molecular formula is C23H32N2O. The molecule has 0 spiro atoms. The lowest BCUT2D eigenvalue weighted by molar-refractivity contribution is 0.0976. The van der Waals surface area contributed by atoms with Gasteiger partial charge in [-0.25, -0.2) is 0 Å². The van der Waals surface area contributed by atoms with Gasteiger partial charge < -0.3 is 10.3 Å². The van der Waals surface area contributed by atoms with E-state index in [9.17, 15) is 4.79 Å². The molecule has 1 heterocycles. The first kappa shape index (κ1) is 18.9. The molecule has 3 nitrogen and oxygen atoms in total. The molecule has 0 saturated heterocycles. The summed E-state index contributed by atoms with van der Waals surface area (Å²) in [5, 5.41) is 3.37. The summed E-state index contributed by atoms with van der Waals surface area (Å²) in [5.41, 5.74) is 4.70. The van der Waals surface area contributed by atoms with Gasteiger partial charge in [0.2, 0.25) is 0 Å². The molecule has 0 aliphatic heterocycles. The molecule has 1 aliphatic carbocycles. The standard InChI is InChI=1S/C23H32N2O/c1-16(2)18-9-7-17(8-10-18)5-4-6-23(26)22-14-13-21(25-22)19-11-12-20(15-19)24-3/h7-10,13-14,16,19-20,24-25H,4-6,11-12,15H2,1-3H3. The van der Waals surface area contributed by atoms with Crippen molar-refractivity contribution >= 4 is 5.78 Å². The van der Waals surface area contributed by atoms with Crippen LogP contribution in [0, 0.1) is 0 Å². The molecule has 2 atom stereocenters. The van der Waals surface area contributed by atoms with Gasteiger partial charge in [-0.15, -0.1) is 0 Å². The molecule has 0 bridgehead atoms. The molecule has 1 fully saturated rings. The van der Waals surface area contributed by atoms with Crippen molar-refractivity contribution in [2.75, 3.05) is 7.05 Å². The topological polar surface area (TPSA) is 44.9 Å². The number of carbonyl (C=O) groups is 1. The maximum absolute atomic E-state index is 12.5. The van der Waals surface area contributed by atoms with E-state index in [2.05, 4.69) is 54.5 Å². The van der Waals surface area contributed by atoms with E-state index in [1.54, 1.807) is 0 Å². The summed E-state index contributed by atoms with van der Waals surface area (Å²) >= 11 is 0. The van der Waals surface area contributed by atoms with Crippen molar-refractivity contribution < 1.29 is 4.79 Å². The minimum Gasteiger partial charge on any atom is -0.356 e. The normalized spacial score (nSPS) is 20.0. The molecular weight excluding hydrogens is 320 g/mol. The number of aromatic nitrogens is 1. The van der Waals surface area contributed by atoms with E-state index in [-0.39, 0.29) is 5.78 Å². The van der Waals surface area contributed by atoms with Gasteiger partial charge in [0.1, 0.15) is 0 Å². The van der Waals surface area contributed by atoms with E-state index in [0.29, 0.717) is 24.3 Å². The van der Waals surface area contributed by atoms with Crippen molar-refractivity contribution in [1.29, 1.82) is 0 Å². The Bertz CT molecular complexity index is 714. The largest absolute Gasteiger partial charge is 0.356 e. The summed E-state index contributed by atoms with van der Waals surface area (Å²) in [6.45, 7) is 4.42. The SMILES string of the molecule is CNC1CCC(c2ccc(C(=O)CCCc3ccc(C(C)C)cc3)[nH]2)C1. The van der Waals surface area contributed by atoms with Crippen LogP contribution < -0.4 is 5.32 Å². The summed E-state index contributed by atoms with van der Waals surface area (Å²) < 4.78 is 0. The predicted octanol–water partition coefficient (Wildman–Crippen LogP) is 5.20. The van der Waals surface area contributed by atoms with Crippen LogP contribution in [0.1, 0.15) is 85.1 Å². The number of nitrogens with one attached hydrogen (secondary N) is 2. The van der Waals surface area contributed by atoms with Crippen LogP contribution in [0.4, 0.5) is 0 Å². The highest BCUT2D eigenvalue weighted by Gasteiger charge is 2.26. The van der Waals surface area contributed by atoms with Gasteiger partial charge in [-0.2, -0.15) is 0 Å². The number of carbonyl (C=O) groups excluding carboxylic acids is 1. The Hall–Kier alpha value is -1.87. The summed E-state index contributed by atoms with van der Waals surface area (Å²) in [5.74, 6) is 1.36. The first-order chi connectivity index (χ1) is 12.6. The van der Waals surface area contributed by atoms with Crippen LogP contribution in [0.3, 0.4) is 0 Å². The highest BCUT2D eigenvalue weighted by Crippen LogP contribution is 2.33. The number of hydrogen-bond donors (Lipinski definition) is 2. The summed E-state index contributed by atoms with van der Waals surface area (Å²) in [7, 11) is 2.03. The third kappa shape index (κ3) is 4.64. The molecule has 140 valence electrons. The fraction of sp³-hybridized carbons (Fsp3) is 0.522. The molecule has 2 aromatic rings. The fourth-order valence-corrected chi connectivity index (χ4v) is 4.00. The van der Waals surface area contributed by atoms with E-state index in [4.69, 9.17) is 0 Å². The van der Waals surface area contributed by atoms with Gasteiger partial charge in [-0.1, -0.05) is 38.1 Å². The molecule has 1 aliphatic rings. The second kappa shape index (κ2) is 8.68. The van der Waals surface area contributed by atoms with Gasteiger partial charge in [-0.3, -0.25) is 4.79 Å². The third-order valence-corrected chi connectivity index (χ3v) is 5.81. The molecule has 0 amide bonds. The number of aryl methyl sites for hydroxylation is 1. The Morgan fingerprint density at radius 2 is 1.92 bits per heavy atom. The number of Topliss-reactive ketones (excluding diaryl/α,β-unsaturated/α-hetero) is 1. The number of ketones is 1. The third-order valence-electron chi connectivity index (χ3n) is 5.81. The number of H-pyrrole nitrogens is 1. The maximum Gasteiger partial charge on any atom is 0.179 e. The van der Waals surface area contributed by atoms with Crippen molar-refractivity contribution in [1.82, 2.24) is 10.3 Å². The fourth-order valence-electron chi connectivity index (χ4n) is 4.00. The van der Waals surface area contributed by atoms with E-state index in [1.165, 1.54) is 29.7 Å². The second-order valence-corrected chi connectivity index (χ2v) is 8.00. The molecule has 1 saturated carbocycles. The molecule has 0 radical (unpaired) electrons. The van der Waals surface area contributed by atoms with Crippen molar-refractivity contribution in [3.8, 4) is 0 Å². The smallest absolute Gasteiger partial charge is 0.179 e. The van der Waals surface area contributed by atoms with Crippen LogP contribution in [-0.4, -0.2) is 23.9 Å². The van der Waals surface area contributed by atoms with E-state index < -0.39 is 0 Å². The average Bonchev–Trinajstić information content (AvgIpc) is 3.31. The highest BCUT2D eigenvalue weighted by atomic mass is 16.1. The molecule has 3 rings (SSSR count). The van der Waals surface area contributed by atoms with Crippen LogP contribution in [0.5, 0.6) is 0 Å². The lowest BCUT2D eigenvalue weighted by Crippen LogP contribution is -2.21. The van der Waals surface area contributed by atoms with Gasteiger partial charge in [0, 0.05) is 24.1 Å². The lowest BCUT2D eigenvalue weighted by Gasteiger charge is -2.09. The van der Waals surface area contributed by atoms with Crippen molar-refractivity contribution in [3.63, 3.8) is 0 Å². The average molecular weight is 353 g/mol. The zero-order valence-electron chi connectivity index (χ0n) is 16.3. The monoisotopic (exact) mass is 352 g/mol.